The van der Waals surface area contributed by atoms with Crippen LogP contribution in [0.15, 0.2) is 24.3 Å². The van der Waals surface area contributed by atoms with Crippen molar-refractivity contribution in [1.29, 1.82) is 5.26 Å². The zero-order valence-corrected chi connectivity index (χ0v) is 11.8. The molecule has 2 rings (SSSR count). The number of carboxylic acid groups (broad SMARTS) is 1. The molecule has 0 saturated carbocycles. The molecular weight excluding hydrogens is 270 g/mol. The topological polar surface area (TPSA) is 87.8 Å². The largest absolute Gasteiger partial charge is 0.508 e. The molecule has 1 aromatic carbocycles. The average Bonchev–Trinajstić information content (AvgIpc) is 2.47. The summed E-state index contributed by atoms with van der Waals surface area (Å²) < 4.78 is 0. The van der Waals surface area contributed by atoms with Gasteiger partial charge in [-0.15, -0.1) is 0 Å². The molecule has 1 atom stereocenters. The van der Waals surface area contributed by atoms with Gasteiger partial charge < -0.3 is 15.1 Å². The number of phenolic OH excluding ortho intramolecular Hbond substituents is 1. The summed E-state index contributed by atoms with van der Waals surface area (Å²) in [5.74, 6) is -0.625. The molecule has 0 aliphatic carbocycles. The van der Waals surface area contributed by atoms with Crippen molar-refractivity contribution in [2.24, 2.45) is 0 Å². The normalized spacial score (nSPS) is 18.0. The number of nitrogens with zero attached hydrogens (tertiary/aromatic N) is 3. The number of aromatic hydroxyl groups is 1. The molecule has 1 aliphatic heterocycles. The SMILES string of the molecule is N#CC(c1cccc(O)c1)N1CCN(CCC(=O)O)CC1. The minimum atomic E-state index is -0.785. The van der Waals surface area contributed by atoms with Gasteiger partial charge >= 0.3 is 5.97 Å². The Bertz CT molecular complexity index is 533. The highest BCUT2D eigenvalue weighted by molar-refractivity contribution is 5.66. The molecule has 1 unspecified atom stereocenters. The molecule has 1 aliphatic rings. The van der Waals surface area contributed by atoms with Crippen LogP contribution in [0.4, 0.5) is 0 Å². The first kappa shape index (κ1) is 15.3. The third-order valence-electron chi connectivity index (χ3n) is 3.72. The van der Waals surface area contributed by atoms with E-state index >= 15 is 0 Å². The Morgan fingerprint density at radius 3 is 2.62 bits per heavy atom. The summed E-state index contributed by atoms with van der Waals surface area (Å²) in [5.41, 5.74) is 0.788. The lowest BCUT2D eigenvalue weighted by Gasteiger charge is -2.36. The van der Waals surface area contributed by atoms with Crippen molar-refractivity contribution in [3.05, 3.63) is 29.8 Å². The van der Waals surface area contributed by atoms with E-state index in [1.165, 1.54) is 0 Å². The van der Waals surface area contributed by atoms with Gasteiger partial charge in [-0.25, -0.2) is 0 Å². The summed E-state index contributed by atoms with van der Waals surface area (Å²) in [6.07, 6.45) is 0.147. The van der Waals surface area contributed by atoms with Gasteiger partial charge in [0.1, 0.15) is 11.8 Å². The van der Waals surface area contributed by atoms with Crippen LogP contribution in [0.2, 0.25) is 0 Å². The molecule has 0 aromatic heterocycles. The fourth-order valence-corrected chi connectivity index (χ4v) is 2.56. The predicted octanol–water partition coefficient (Wildman–Crippen LogP) is 1.05. The second kappa shape index (κ2) is 7.07. The van der Waals surface area contributed by atoms with Gasteiger partial charge in [0, 0.05) is 32.7 Å². The molecule has 0 radical (unpaired) electrons. The van der Waals surface area contributed by atoms with Gasteiger partial charge in [0.25, 0.3) is 0 Å². The molecule has 1 aromatic rings. The molecule has 1 heterocycles. The number of piperazine rings is 1. The molecule has 6 heteroatoms. The number of carboxylic acids is 1. The van der Waals surface area contributed by atoms with Gasteiger partial charge in [0.05, 0.1) is 12.5 Å². The standard InChI is InChI=1S/C15H19N3O3/c16-11-14(12-2-1-3-13(19)10-12)18-8-6-17(7-9-18)5-4-15(20)21/h1-3,10,14,19H,4-9H2,(H,20,21). The van der Waals surface area contributed by atoms with Crippen LogP contribution in [0, 0.1) is 11.3 Å². The van der Waals surface area contributed by atoms with Crippen LogP contribution in [0.25, 0.3) is 0 Å². The van der Waals surface area contributed by atoms with Crippen LogP contribution in [-0.4, -0.2) is 58.7 Å². The zero-order chi connectivity index (χ0) is 15.2. The predicted molar refractivity (Wildman–Crippen MR) is 76.7 cm³/mol. The van der Waals surface area contributed by atoms with Crippen molar-refractivity contribution in [1.82, 2.24) is 9.80 Å². The number of rotatable bonds is 5. The van der Waals surface area contributed by atoms with Crippen LogP contribution in [0.1, 0.15) is 18.0 Å². The van der Waals surface area contributed by atoms with E-state index in [1.54, 1.807) is 18.2 Å². The van der Waals surface area contributed by atoms with Crippen LogP contribution in [-0.2, 0) is 4.79 Å². The lowest BCUT2D eigenvalue weighted by molar-refractivity contribution is -0.137. The van der Waals surface area contributed by atoms with Crippen molar-refractivity contribution in [2.75, 3.05) is 32.7 Å². The lowest BCUT2D eigenvalue weighted by Crippen LogP contribution is -2.47. The summed E-state index contributed by atoms with van der Waals surface area (Å²) in [4.78, 5) is 14.7. The minimum absolute atomic E-state index is 0.147. The Kier molecular flexibility index (Phi) is 5.14. The van der Waals surface area contributed by atoms with Gasteiger partial charge in [-0.2, -0.15) is 5.26 Å². The maximum Gasteiger partial charge on any atom is 0.304 e. The molecule has 21 heavy (non-hydrogen) atoms. The van der Waals surface area contributed by atoms with Crippen molar-refractivity contribution in [3.8, 4) is 11.8 Å². The molecule has 0 amide bonds. The van der Waals surface area contributed by atoms with Crippen molar-refractivity contribution in [3.63, 3.8) is 0 Å². The summed E-state index contributed by atoms with van der Waals surface area (Å²) in [6, 6.07) is 8.68. The third-order valence-corrected chi connectivity index (χ3v) is 3.72. The van der Waals surface area contributed by atoms with Gasteiger partial charge in [0.2, 0.25) is 0 Å². The zero-order valence-electron chi connectivity index (χ0n) is 11.8. The van der Waals surface area contributed by atoms with E-state index in [4.69, 9.17) is 5.11 Å². The van der Waals surface area contributed by atoms with Crippen molar-refractivity contribution in [2.45, 2.75) is 12.5 Å². The Morgan fingerprint density at radius 2 is 2.05 bits per heavy atom. The molecule has 0 bridgehead atoms. The number of aliphatic carboxylic acids is 1. The Hall–Kier alpha value is -2.10. The number of carbonyl (C=O) groups is 1. The Morgan fingerprint density at radius 1 is 1.33 bits per heavy atom. The van der Waals surface area contributed by atoms with Gasteiger partial charge in [-0.05, 0) is 17.7 Å². The summed E-state index contributed by atoms with van der Waals surface area (Å²) >= 11 is 0. The van der Waals surface area contributed by atoms with Crippen LogP contribution in [0.5, 0.6) is 5.75 Å². The second-order valence-electron chi connectivity index (χ2n) is 5.15. The van der Waals surface area contributed by atoms with Crippen LogP contribution in [0.3, 0.4) is 0 Å². The molecule has 1 saturated heterocycles. The van der Waals surface area contributed by atoms with E-state index in [0.29, 0.717) is 19.6 Å². The average molecular weight is 289 g/mol. The number of hydrogen-bond donors (Lipinski definition) is 2. The summed E-state index contributed by atoms with van der Waals surface area (Å²) in [7, 11) is 0. The first-order chi connectivity index (χ1) is 10.1. The van der Waals surface area contributed by atoms with E-state index in [1.807, 2.05) is 6.07 Å². The fraction of sp³-hybridized carbons (Fsp3) is 0.467. The van der Waals surface area contributed by atoms with Crippen molar-refractivity contribution < 1.29 is 15.0 Å². The van der Waals surface area contributed by atoms with Gasteiger partial charge in [0.15, 0.2) is 0 Å². The first-order valence-corrected chi connectivity index (χ1v) is 6.97. The maximum absolute atomic E-state index is 10.6. The smallest absolute Gasteiger partial charge is 0.304 e. The first-order valence-electron chi connectivity index (χ1n) is 6.97. The van der Waals surface area contributed by atoms with E-state index < -0.39 is 5.97 Å². The number of benzene rings is 1. The molecule has 1 fully saturated rings. The van der Waals surface area contributed by atoms with Gasteiger partial charge in [-0.3, -0.25) is 9.69 Å². The number of nitriles is 1. The van der Waals surface area contributed by atoms with Crippen LogP contribution >= 0.6 is 0 Å². The summed E-state index contributed by atoms with van der Waals surface area (Å²) in [5, 5.41) is 27.6. The van der Waals surface area contributed by atoms with E-state index in [0.717, 1.165) is 18.7 Å². The highest BCUT2D eigenvalue weighted by atomic mass is 16.4. The summed E-state index contributed by atoms with van der Waals surface area (Å²) in [6.45, 7) is 3.49. The Balaban J connectivity index is 1.94. The minimum Gasteiger partial charge on any atom is -0.508 e. The monoisotopic (exact) mass is 289 g/mol. The highest BCUT2D eigenvalue weighted by Crippen LogP contribution is 2.24. The second-order valence-corrected chi connectivity index (χ2v) is 5.15. The maximum atomic E-state index is 10.6. The molecule has 6 nitrogen and oxygen atoms in total. The highest BCUT2D eigenvalue weighted by Gasteiger charge is 2.25. The third kappa shape index (κ3) is 4.18. The van der Waals surface area contributed by atoms with Crippen molar-refractivity contribution >= 4 is 5.97 Å². The molecule has 2 N–H and O–H groups in total. The van der Waals surface area contributed by atoms with Crippen LogP contribution < -0.4 is 0 Å². The fourth-order valence-electron chi connectivity index (χ4n) is 2.56. The lowest BCUT2D eigenvalue weighted by atomic mass is 10.1. The number of hydrogen-bond acceptors (Lipinski definition) is 5. The Labute approximate surface area is 123 Å². The quantitative estimate of drug-likeness (QED) is 0.842. The van der Waals surface area contributed by atoms with E-state index in [-0.39, 0.29) is 18.2 Å². The molecular formula is C15H19N3O3. The molecule has 0 spiro atoms. The number of phenols is 1. The molecule has 112 valence electrons. The van der Waals surface area contributed by atoms with E-state index in [9.17, 15) is 15.2 Å². The van der Waals surface area contributed by atoms with E-state index in [2.05, 4.69) is 15.9 Å². The van der Waals surface area contributed by atoms with Gasteiger partial charge in [-0.1, -0.05) is 12.1 Å².